The van der Waals surface area contributed by atoms with Crippen molar-refractivity contribution in [2.75, 3.05) is 5.32 Å². The van der Waals surface area contributed by atoms with Gasteiger partial charge in [0.1, 0.15) is 11.7 Å². The molecule has 146 valence electrons. The summed E-state index contributed by atoms with van der Waals surface area (Å²) in [6, 6.07) is 7.80. The second-order valence-electron chi connectivity index (χ2n) is 9.15. The van der Waals surface area contributed by atoms with Crippen LogP contribution in [0.1, 0.15) is 53.5 Å². The van der Waals surface area contributed by atoms with Crippen LogP contribution in [0.4, 0.5) is 10.1 Å². The van der Waals surface area contributed by atoms with E-state index in [0.717, 1.165) is 33.3 Å². The molecule has 3 aromatic rings. The normalized spacial score (nSPS) is 31.3. The summed E-state index contributed by atoms with van der Waals surface area (Å²) in [5, 5.41) is 12.4. The average molecular weight is 387 g/mol. The Morgan fingerprint density at radius 3 is 2.97 bits per heavy atom. The van der Waals surface area contributed by atoms with Gasteiger partial charge in [-0.2, -0.15) is 5.10 Å². The van der Waals surface area contributed by atoms with Crippen LogP contribution in [0.25, 0.3) is 10.9 Å². The Hall–Kier alpha value is -2.89. The number of nitrogens with two attached hydrogens (primary N) is 1. The number of halogens is 1. The van der Waals surface area contributed by atoms with E-state index < -0.39 is 0 Å². The number of aliphatic imine (C=N–C) groups is 1. The quantitative estimate of drug-likeness (QED) is 0.585. The van der Waals surface area contributed by atoms with Gasteiger partial charge in [-0.3, -0.25) is 10.1 Å². The van der Waals surface area contributed by atoms with Gasteiger partial charge in [0, 0.05) is 27.8 Å². The minimum absolute atomic E-state index is 0.0399. The summed E-state index contributed by atoms with van der Waals surface area (Å²) >= 11 is 0. The van der Waals surface area contributed by atoms with Crippen molar-refractivity contribution in [1.82, 2.24) is 10.2 Å². The van der Waals surface area contributed by atoms with Crippen molar-refractivity contribution in [1.29, 1.82) is 0 Å². The maximum atomic E-state index is 15.3. The van der Waals surface area contributed by atoms with E-state index in [1.165, 1.54) is 24.8 Å². The number of hydrogen-bond donors (Lipinski definition) is 3. The van der Waals surface area contributed by atoms with Crippen molar-refractivity contribution < 1.29 is 4.39 Å². The first-order valence-electron chi connectivity index (χ1n) is 10.5. The van der Waals surface area contributed by atoms with E-state index in [-0.39, 0.29) is 11.9 Å². The van der Waals surface area contributed by atoms with Crippen molar-refractivity contribution >= 4 is 22.4 Å². The van der Waals surface area contributed by atoms with E-state index in [1.807, 2.05) is 12.3 Å². The largest absolute Gasteiger partial charge is 0.383 e. The zero-order chi connectivity index (χ0) is 19.3. The maximum absolute atomic E-state index is 15.3. The molecule has 0 radical (unpaired) electrons. The lowest BCUT2D eigenvalue weighted by molar-refractivity contribution is 0.246. The highest BCUT2D eigenvalue weighted by Crippen LogP contribution is 2.64. The third-order valence-electron chi connectivity index (χ3n) is 7.92. The average Bonchev–Trinajstić information content (AvgIpc) is 3.51. The van der Waals surface area contributed by atoms with Gasteiger partial charge in [-0.25, -0.2) is 4.39 Å². The highest BCUT2D eigenvalue weighted by Gasteiger charge is 2.54. The Bertz CT molecular complexity index is 1210. The summed E-state index contributed by atoms with van der Waals surface area (Å²) < 4.78 is 15.3. The molecule has 2 aromatic carbocycles. The molecule has 4 N–H and O–H groups in total. The van der Waals surface area contributed by atoms with Crippen LogP contribution in [-0.2, 0) is 6.54 Å². The van der Waals surface area contributed by atoms with E-state index in [2.05, 4.69) is 32.6 Å². The number of aromatic amines is 1. The number of amidine groups is 1. The number of fused-ring (bicyclic) bond motifs is 10. The molecule has 0 amide bonds. The number of hydrogen-bond acceptors (Lipinski definition) is 4. The highest BCUT2D eigenvalue weighted by atomic mass is 19.1. The number of aromatic nitrogens is 2. The van der Waals surface area contributed by atoms with Gasteiger partial charge in [-0.05, 0) is 72.8 Å². The van der Waals surface area contributed by atoms with E-state index in [0.29, 0.717) is 36.1 Å². The summed E-state index contributed by atoms with van der Waals surface area (Å²) in [6.45, 7) is 0.480. The minimum Gasteiger partial charge on any atom is -0.383 e. The molecule has 0 saturated heterocycles. The molecule has 5 atom stereocenters. The van der Waals surface area contributed by atoms with E-state index in [1.54, 1.807) is 6.07 Å². The van der Waals surface area contributed by atoms with Gasteiger partial charge in [0.2, 0.25) is 0 Å². The summed E-state index contributed by atoms with van der Waals surface area (Å²) in [5.41, 5.74) is 12.2. The number of rotatable bonds is 1. The third-order valence-corrected chi connectivity index (χ3v) is 7.92. The van der Waals surface area contributed by atoms with Crippen LogP contribution in [-0.4, -0.2) is 16.0 Å². The number of nitrogens with one attached hydrogen (secondary N) is 2. The molecule has 4 aliphatic rings. The van der Waals surface area contributed by atoms with Gasteiger partial charge in [-0.15, -0.1) is 0 Å². The summed E-state index contributed by atoms with van der Waals surface area (Å²) in [7, 11) is 0. The molecule has 0 spiro atoms. The molecule has 1 aromatic heterocycles. The molecule has 3 heterocycles. The smallest absolute Gasteiger partial charge is 0.128 e. The number of benzene rings is 2. The van der Waals surface area contributed by atoms with E-state index >= 15 is 4.39 Å². The van der Waals surface area contributed by atoms with Crippen LogP contribution in [0.2, 0.25) is 0 Å². The molecule has 2 fully saturated rings. The Morgan fingerprint density at radius 2 is 2.03 bits per heavy atom. The predicted octanol–water partition coefficient (Wildman–Crippen LogP) is 4.22. The van der Waals surface area contributed by atoms with Gasteiger partial charge in [-0.1, -0.05) is 0 Å². The van der Waals surface area contributed by atoms with Crippen molar-refractivity contribution in [2.24, 2.45) is 28.5 Å². The molecule has 0 unspecified atom stereocenters. The zero-order valence-corrected chi connectivity index (χ0v) is 16.0. The molecular weight excluding hydrogens is 365 g/mol. The Morgan fingerprint density at radius 1 is 1.14 bits per heavy atom. The molecule has 6 heteroatoms. The summed E-state index contributed by atoms with van der Waals surface area (Å²) in [5.74, 6) is 2.53. The maximum Gasteiger partial charge on any atom is 0.128 e. The first kappa shape index (κ1) is 16.0. The van der Waals surface area contributed by atoms with Crippen molar-refractivity contribution in [3.05, 3.63) is 58.5 Å². The Kier molecular flexibility index (Phi) is 2.96. The summed E-state index contributed by atoms with van der Waals surface area (Å²) in [4.78, 5) is 4.30. The Labute approximate surface area is 167 Å². The molecule has 2 aliphatic heterocycles. The lowest BCUT2D eigenvalue weighted by atomic mass is 9.67. The SMILES string of the molecule is NC1=NCc2cc(F)c([C@@H]3Nc4ccc5cn[nH]c5c4[C@H]4[C@@H]5CC[C@@H](C5)[C@H]43)cc21. The topological polar surface area (TPSA) is 79.1 Å². The van der Waals surface area contributed by atoms with Crippen molar-refractivity contribution in [2.45, 2.75) is 37.8 Å². The molecule has 29 heavy (non-hydrogen) atoms. The highest BCUT2D eigenvalue weighted by molar-refractivity contribution is 6.01. The van der Waals surface area contributed by atoms with Crippen LogP contribution in [0.15, 0.2) is 35.5 Å². The van der Waals surface area contributed by atoms with Gasteiger partial charge < -0.3 is 11.1 Å². The second-order valence-corrected chi connectivity index (χ2v) is 9.15. The fourth-order valence-corrected chi connectivity index (χ4v) is 6.79. The number of anilines is 1. The van der Waals surface area contributed by atoms with Crippen LogP contribution in [0.3, 0.4) is 0 Å². The van der Waals surface area contributed by atoms with Crippen molar-refractivity contribution in [3.8, 4) is 0 Å². The van der Waals surface area contributed by atoms with E-state index in [9.17, 15) is 0 Å². The first-order chi connectivity index (χ1) is 14.2. The van der Waals surface area contributed by atoms with Crippen LogP contribution >= 0.6 is 0 Å². The fourth-order valence-electron chi connectivity index (χ4n) is 6.79. The molecule has 7 rings (SSSR count). The molecule has 2 bridgehead atoms. The van der Waals surface area contributed by atoms with Crippen LogP contribution in [0.5, 0.6) is 0 Å². The van der Waals surface area contributed by atoms with E-state index in [4.69, 9.17) is 5.73 Å². The predicted molar refractivity (Wildman–Crippen MR) is 110 cm³/mol. The third kappa shape index (κ3) is 1.99. The first-order valence-corrected chi connectivity index (χ1v) is 10.5. The monoisotopic (exact) mass is 387 g/mol. The van der Waals surface area contributed by atoms with Crippen molar-refractivity contribution in [3.63, 3.8) is 0 Å². The molecule has 2 aliphatic carbocycles. The second kappa shape index (κ2) is 5.38. The van der Waals surface area contributed by atoms with Crippen LogP contribution < -0.4 is 11.1 Å². The van der Waals surface area contributed by atoms with Crippen LogP contribution in [0, 0.1) is 23.6 Å². The lowest BCUT2D eigenvalue weighted by Crippen LogP contribution is -2.36. The zero-order valence-electron chi connectivity index (χ0n) is 16.0. The number of nitrogens with zero attached hydrogens (tertiary/aromatic N) is 2. The molecular formula is C23H22FN5. The van der Waals surface area contributed by atoms with Gasteiger partial charge >= 0.3 is 0 Å². The molecule has 5 nitrogen and oxygen atoms in total. The molecule has 2 saturated carbocycles. The summed E-state index contributed by atoms with van der Waals surface area (Å²) in [6.07, 6.45) is 5.66. The van der Waals surface area contributed by atoms with Gasteiger partial charge in [0.25, 0.3) is 0 Å². The van der Waals surface area contributed by atoms with Gasteiger partial charge in [0.15, 0.2) is 0 Å². The lowest BCUT2D eigenvalue weighted by Gasteiger charge is -2.43. The number of H-pyrrole nitrogens is 1. The Balaban J connectivity index is 1.43. The van der Waals surface area contributed by atoms with Gasteiger partial charge in [0.05, 0.1) is 24.3 Å². The standard InChI is InChI=1S/C23H22FN5/c24-16-6-13-8-26-23(25)14(13)7-15(16)22-19-11-2-1-10(5-11)18(19)20-17(28-22)4-3-12-9-27-29-21(12)20/h3-4,6-7,9-11,18-19,22,28H,1-2,5,8H2,(H2,25,26)(H,27,29)/t10-,11+,18+,19-,22+/m1/s1. The minimum atomic E-state index is -0.140. The fraction of sp³-hybridized carbons (Fsp3) is 0.391.